The third kappa shape index (κ3) is 10.4. The lowest BCUT2D eigenvalue weighted by Crippen LogP contribution is -2.56. The number of hydrogen-bond acceptors (Lipinski definition) is 9. The lowest BCUT2D eigenvalue weighted by Gasteiger charge is -2.44. The minimum Gasteiger partial charge on any atom is -0.467 e. The van der Waals surface area contributed by atoms with Gasteiger partial charge in [0.2, 0.25) is 0 Å². The number of fused-ring (bicyclic) bond motifs is 2. The number of hydrogen-bond donors (Lipinski definition) is 0. The highest BCUT2D eigenvalue weighted by Gasteiger charge is 2.70. The van der Waals surface area contributed by atoms with Crippen molar-refractivity contribution >= 4 is 5.97 Å². The molecule has 0 aliphatic carbocycles. The van der Waals surface area contributed by atoms with Crippen molar-refractivity contribution in [2.24, 2.45) is 5.92 Å². The van der Waals surface area contributed by atoms with E-state index >= 15 is 0 Å². The van der Waals surface area contributed by atoms with Gasteiger partial charge in [-0.25, -0.2) is 4.79 Å². The topological polar surface area (TPSA) is 90.9 Å². The Kier molecular flexibility index (Phi) is 14.4. The summed E-state index contributed by atoms with van der Waals surface area (Å²) in [6.07, 6.45) is -1.02. The third-order valence-electron chi connectivity index (χ3n) is 10.4. The summed E-state index contributed by atoms with van der Waals surface area (Å²) in [5, 5.41) is 0. The van der Waals surface area contributed by atoms with Crippen LogP contribution in [0.4, 0.5) is 0 Å². The van der Waals surface area contributed by atoms with Gasteiger partial charge in [0, 0.05) is 20.0 Å². The Morgan fingerprint density at radius 2 is 1.29 bits per heavy atom. The van der Waals surface area contributed by atoms with E-state index in [1.54, 1.807) is 7.11 Å². The molecule has 292 valence electrons. The van der Waals surface area contributed by atoms with E-state index < -0.39 is 35.7 Å². The maximum atomic E-state index is 13.4. The molecule has 2 fully saturated rings. The quantitative estimate of drug-likeness (QED) is 0.0364. The Bertz CT molecular complexity index is 1760. The Balaban J connectivity index is 1.33. The summed E-state index contributed by atoms with van der Waals surface area (Å²) in [5.41, 5.74) is 4.00. The molecule has 2 aliphatic heterocycles. The van der Waals surface area contributed by atoms with Gasteiger partial charge in [0.05, 0.1) is 39.6 Å². The molecule has 2 bridgehead atoms. The summed E-state index contributed by atoms with van der Waals surface area (Å²) in [6, 6.07) is 40.4. The number of rotatable bonds is 21. The van der Waals surface area contributed by atoms with Crippen molar-refractivity contribution in [3.8, 4) is 0 Å². The number of carbonyl (C=O) groups is 1. The second-order valence-corrected chi connectivity index (χ2v) is 14.5. The summed E-state index contributed by atoms with van der Waals surface area (Å²) in [5.74, 6) is -1.84. The molecule has 2 saturated heterocycles. The number of esters is 1. The van der Waals surface area contributed by atoms with Gasteiger partial charge in [0.25, 0.3) is 0 Å². The summed E-state index contributed by atoms with van der Waals surface area (Å²) in [4.78, 5) is 13.4. The molecule has 0 saturated carbocycles. The zero-order valence-electron chi connectivity index (χ0n) is 32.2. The number of ether oxygens (including phenoxy) is 8. The van der Waals surface area contributed by atoms with E-state index in [9.17, 15) is 4.79 Å². The number of benzene rings is 4. The summed E-state index contributed by atoms with van der Waals surface area (Å²) in [6.45, 7) is 7.89. The van der Waals surface area contributed by atoms with Crippen LogP contribution in [-0.4, -0.2) is 69.4 Å². The van der Waals surface area contributed by atoms with Gasteiger partial charge in [0.15, 0.2) is 11.9 Å². The Morgan fingerprint density at radius 1 is 0.764 bits per heavy atom. The van der Waals surface area contributed by atoms with E-state index in [4.69, 9.17) is 37.9 Å². The highest BCUT2D eigenvalue weighted by atomic mass is 16.8. The van der Waals surface area contributed by atoms with E-state index in [0.29, 0.717) is 19.4 Å². The summed E-state index contributed by atoms with van der Waals surface area (Å²) < 4.78 is 50.9. The van der Waals surface area contributed by atoms with Crippen LogP contribution in [0.15, 0.2) is 133 Å². The SMILES string of the molecule is C=C(CC[C@]12O[C@H](C(=O)OC)C[C@](COCOC)(O1)[C@H](OCc1ccccc1)[C@H]2OCc1ccccc1)[C@H](OCc1ccccc1)[C@@H](C)Cc1ccccc1. The van der Waals surface area contributed by atoms with Crippen molar-refractivity contribution in [2.45, 2.75) is 88.2 Å². The van der Waals surface area contributed by atoms with E-state index in [1.165, 1.54) is 12.7 Å². The largest absolute Gasteiger partial charge is 0.467 e. The van der Waals surface area contributed by atoms with Crippen molar-refractivity contribution in [1.29, 1.82) is 0 Å². The molecule has 4 aromatic carbocycles. The monoisotopic (exact) mass is 750 g/mol. The summed E-state index contributed by atoms with van der Waals surface area (Å²) >= 11 is 0. The Labute approximate surface area is 325 Å². The van der Waals surface area contributed by atoms with Gasteiger partial charge in [-0.1, -0.05) is 135 Å². The van der Waals surface area contributed by atoms with E-state index in [2.05, 4.69) is 49.9 Å². The second-order valence-electron chi connectivity index (χ2n) is 14.5. The van der Waals surface area contributed by atoms with Gasteiger partial charge >= 0.3 is 5.97 Å². The molecule has 0 radical (unpaired) electrons. The van der Waals surface area contributed by atoms with Crippen LogP contribution in [0.5, 0.6) is 0 Å². The van der Waals surface area contributed by atoms with Crippen LogP contribution in [0.3, 0.4) is 0 Å². The van der Waals surface area contributed by atoms with Crippen molar-refractivity contribution in [1.82, 2.24) is 0 Å². The van der Waals surface area contributed by atoms with Crippen LogP contribution in [-0.2, 0) is 68.9 Å². The normalized spacial score (nSPS) is 24.2. The molecule has 0 aromatic heterocycles. The Morgan fingerprint density at radius 3 is 1.84 bits per heavy atom. The first-order valence-corrected chi connectivity index (χ1v) is 19.1. The standard InChI is InChI=1S/C46H54O9/c1-34(41(51-29-37-19-11-6-12-20-37)35(2)27-36-17-9-5-10-18-36)25-26-46-43(53-31-39-23-15-8-16-24-39)42(52-30-38-21-13-7-14-22-38)45(55-46,32-50-33-48-3)28-40(54-46)44(47)49-4/h5-24,35,40-43H,1,25-33H2,2-4H3/t35-,40-,41-,42+,43+,45+,46-/m0/s1. The fourth-order valence-electron chi connectivity index (χ4n) is 7.78. The van der Waals surface area contributed by atoms with Gasteiger partial charge < -0.3 is 37.9 Å². The first kappa shape index (κ1) is 40.5. The lowest BCUT2D eigenvalue weighted by molar-refractivity contribution is -0.342. The molecular weight excluding hydrogens is 696 g/mol. The first-order chi connectivity index (χ1) is 26.8. The van der Waals surface area contributed by atoms with Crippen LogP contribution in [0.1, 0.15) is 48.4 Å². The first-order valence-electron chi connectivity index (χ1n) is 19.1. The average Bonchev–Trinajstić information content (AvgIpc) is 3.40. The predicted octanol–water partition coefficient (Wildman–Crippen LogP) is 8.01. The lowest BCUT2D eigenvalue weighted by atomic mass is 9.87. The molecular formula is C46H54O9. The van der Waals surface area contributed by atoms with Crippen LogP contribution >= 0.6 is 0 Å². The van der Waals surface area contributed by atoms with Gasteiger partial charge in [-0.3, -0.25) is 0 Å². The van der Waals surface area contributed by atoms with E-state index in [0.717, 1.165) is 28.7 Å². The van der Waals surface area contributed by atoms with Crippen molar-refractivity contribution in [3.63, 3.8) is 0 Å². The van der Waals surface area contributed by atoms with Crippen molar-refractivity contribution < 1.29 is 42.7 Å². The molecule has 7 atom stereocenters. The molecule has 0 N–H and O–H groups in total. The predicted molar refractivity (Wildman–Crippen MR) is 209 cm³/mol. The Hall–Kier alpha value is -4.19. The highest BCUT2D eigenvalue weighted by molar-refractivity contribution is 5.75. The smallest absolute Gasteiger partial charge is 0.335 e. The second kappa shape index (κ2) is 19.6. The van der Waals surface area contributed by atoms with Gasteiger partial charge in [-0.2, -0.15) is 0 Å². The van der Waals surface area contributed by atoms with Crippen molar-refractivity contribution in [2.75, 3.05) is 27.6 Å². The van der Waals surface area contributed by atoms with E-state index in [-0.39, 0.29) is 45.1 Å². The maximum absolute atomic E-state index is 13.4. The molecule has 4 aromatic rings. The van der Waals surface area contributed by atoms with Crippen molar-refractivity contribution in [3.05, 3.63) is 156 Å². The molecule has 9 nitrogen and oxygen atoms in total. The van der Waals surface area contributed by atoms with Crippen LogP contribution < -0.4 is 0 Å². The zero-order chi connectivity index (χ0) is 38.5. The fourth-order valence-corrected chi connectivity index (χ4v) is 7.78. The third-order valence-corrected chi connectivity index (χ3v) is 10.4. The molecule has 0 spiro atoms. The van der Waals surface area contributed by atoms with Gasteiger partial charge in [-0.15, -0.1) is 0 Å². The van der Waals surface area contributed by atoms with Gasteiger partial charge in [-0.05, 0) is 46.6 Å². The summed E-state index contributed by atoms with van der Waals surface area (Å²) in [7, 11) is 2.93. The molecule has 2 heterocycles. The van der Waals surface area contributed by atoms with Gasteiger partial charge in [0.1, 0.15) is 24.6 Å². The maximum Gasteiger partial charge on any atom is 0.335 e. The average molecular weight is 751 g/mol. The fraction of sp³-hybridized carbons (Fsp3) is 0.413. The molecule has 0 amide bonds. The zero-order valence-corrected chi connectivity index (χ0v) is 32.2. The molecule has 0 unspecified atom stereocenters. The highest BCUT2D eigenvalue weighted by Crippen LogP contribution is 2.53. The molecule has 6 rings (SSSR count). The number of methoxy groups -OCH3 is 2. The molecule has 2 aliphatic rings. The van der Waals surface area contributed by atoms with E-state index in [1.807, 2.05) is 84.9 Å². The molecule has 9 heteroatoms. The molecule has 55 heavy (non-hydrogen) atoms. The minimum atomic E-state index is -1.43. The van der Waals surface area contributed by atoms with Crippen LogP contribution in [0.25, 0.3) is 0 Å². The van der Waals surface area contributed by atoms with Crippen LogP contribution in [0.2, 0.25) is 0 Å². The number of carbonyl (C=O) groups excluding carboxylic acids is 1. The minimum absolute atomic E-state index is 0.0271. The van der Waals surface area contributed by atoms with Crippen LogP contribution in [0, 0.1) is 5.92 Å².